The Balaban J connectivity index is 1.74. The van der Waals surface area contributed by atoms with Crippen LogP contribution in [0.25, 0.3) is 0 Å². The summed E-state index contributed by atoms with van der Waals surface area (Å²) < 4.78 is 0. The quantitative estimate of drug-likeness (QED) is 0.782. The van der Waals surface area contributed by atoms with E-state index in [1.165, 1.54) is 6.42 Å². The predicted octanol–water partition coefficient (Wildman–Crippen LogP) is 2.56. The van der Waals surface area contributed by atoms with Crippen LogP contribution >= 0.6 is 11.6 Å². The van der Waals surface area contributed by atoms with Crippen LogP contribution in [0, 0.1) is 0 Å². The monoisotopic (exact) mass is 296 g/mol. The van der Waals surface area contributed by atoms with Gasteiger partial charge < -0.3 is 15.7 Å². The van der Waals surface area contributed by atoms with Crippen LogP contribution in [0.1, 0.15) is 32.1 Å². The number of carbonyl (C=O) groups is 1. The molecule has 2 rings (SSSR count). The molecule has 0 aromatic heterocycles. The fraction of sp³-hybridized carbons (Fsp3) is 0.533. The zero-order chi connectivity index (χ0) is 14.4. The van der Waals surface area contributed by atoms with Crippen LogP contribution < -0.4 is 10.6 Å². The van der Waals surface area contributed by atoms with Gasteiger partial charge in [0.25, 0.3) is 0 Å². The number of nitrogens with one attached hydrogen (secondary N) is 2. The van der Waals surface area contributed by atoms with Crippen molar-refractivity contribution in [1.82, 2.24) is 5.32 Å². The van der Waals surface area contributed by atoms with Gasteiger partial charge in [0.05, 0.1) is 22.9 Å². The molecule has 0 saturated heterocycles. The SMILES string of the molecule is O=C(CNCC1(O)CCCCC1)Nc1ccccc1Cl. The molecule has 0 aliphatic heterocycles. The summed E-state index contributed by atoms with van der Waals surface area (Å²) >= 11 is 5.97. The molecule has 3 N–H and O–H groups in total. The maximum atomic E-state index is 11.8. The molecule has 0 unspecified atom stereocenters. The average molecular weight is 297 g/mol. The van der Waals surface area contributed by atoms with Gasteiger partial charge in [-0.25, -0.2) is 0 Å². The van der Waals surface area contributed by atoms with Crippen molar-refractivity contribution in [1.29, 1.82) is 0 Å². The van der Waals surface area contributed by atoms with Crippen molar-refractivity contribution in [3.8, 4) is 0 Å². The molecule has 1 aliphatic rings. The molecule has 1 aliphatic carbocycles. The lowest BCUT2D eigenvalue weighted by Gasteiger charge is -2.32. The van der Waals surface area contributed by atoms with E-state index in [0.717, 1.165) is 25.7 Å². The minimum Gasteiger partial charge on any atom is -0.389 e. The van der Waals surface area contributed by atoms with E-state index in [0.29, 0.717) is 17.3 Å². The minimum absolute atomic E-state index is 0.155. The molecule has 5 heteroatoms. The Bertz CT molecular complexity index is 459. The Kier molecular flexibility index (Phi) is 5.40. The zero-order valence-corrected chi connectivity index (χ0v) is 12.2. The third-order valence-corrected chi connectivity index (χ3v) is 4.00. The summed E-state index contributed by atoms with van der Waals surface area (Å²) in [5.41, 5.74) is -0.0412. The first-order chi connectivity index (χ1) is 9.59. The second-order valence-corrected chi connectivity index (χ2v) is 5.82. The van der Waals surface area contributed by atoms with E-state index in [4.69, 9.17) is 11.6 Å². The molecule has 0 heterocycles. The topological polar surface area (TPSA) is 61.4 Å². The van der Waals surface area contributed by atoms with E-state index in [9.17, 15) is 9.90 Å². The van der Waals surface area contributed by atoms with Crippen molar-refractivity contribution in [3.05, 3.63) is 29.3 Å². The van der Waals surface area contributed by atoms with Crippen molar-refractivity contribution in [2.75, 3.05) is 18.4 Å². The highest BCUT2D eigenvalue weighted by molar-refractivity contribution is 6.33. The highest BCUT2D eigenvalue weighted by Gasteiger charge is 2.28. The van der Waals surface area contributed by atoms with Gasteiger partial charge in [-0.15, -0.1) is 0 Å². The molecule has 1 fully saturated rings. The molecule has 0 radical (unpaired) electrons. The molecule has 0 bridgehead atoms. The Hall–Kier alpha value is -1.10. The van der Waals surface area contributed by atoms with Gasteiger partial charge in [0, 0.05) is 6.54 Å². The average Bonchev–Trinajstić information content (AvgIpc) is 2.42. The van der Waals surface area contributed by atoms with Crippen LogP contribution in [-0.4, -0.2) is 29.7 Å². The molecule has 1 aromatic rings. The number of benzene rings is 1. The van der Waals surface area contributed by atoms with Gasteiger partial charge >= 0.3 is 0 Å². The van der Waals surface area contributed by atoms with Gasteiger partial charge in [-0.3, -0.25) is 4.79 Å². The Morgan fingerprint density at radius 3 is 2.65 bits per heavy atom. The van der Waals surface area contributed by atoms with E-state index < -0.39 is 5.60 Å². The van der Waals surface area contributed by atoms with E-state index >= 15 is 0 Å². The van der Waals surface area contributed by atoms with E-state index in [1.54, 1.807) is 12.1 Å². The molecule has 0 atom stereocenters. The van der Waals surface area contributed by atoms with Crippen LogP contribution in [0.15, 0.2) is 24.3 Å². The number of halogens is 1. The molecule has 20 heavy (non-hydrogen) atoms. The van der Waals surface area contributed by atoms with Gasteiger partial charge in [0.2, 0.25) is 5.91 Å². The van der Waals surface area contributed by atoms with Gasteiger partial charge in [-0.1, -0.05) is 43.0 Å². The normalized spacial score (nSPS) is 17.7. The van der Waals surface area contributed by atoms with Crippen molar-refractivity contribution >= 4 is 23.2 Å². The van der Waals surface area contributed by atoms with Crippen LogP contribution in [-0.2, 0) is 4.79 Å². The second-order valence-electron chi connectivity index (χ2n) is 5.42. The number of amides is 1. The van der Waals surface area contributed by atoms with E-state index in [2.05, 4.69) is 10.6 Å². The summed E-state index contributed by atoms with van der Waals surface area (Å²) in [5, 5.41) is 16.6. The number of carbonyl (C=O) groups excluding carboxylic acids is 1. The molecule has 1 aromatic carbocycles. The number of rotatable bonds is 5. The predicted molar refractivity (Wildman–Crippen MR) is 81.0 cm³/mol. The molecule has 0 spiro atoms. The molecule has 1 saturated carbocycles. The fourth-order valence-electron chi connectivity index (χ4n) is 2.55. The second kappa shape index (κ2) is 7.07. The highest BCUT2D eigenvalue weighted by Crippen LogP contribution is 2.27. The molecule has 4 nitrogen and oxygen atoms in total. The Morgan fingerprint density at radius 2 is 1.95 bits per heavy atom. The van der Waals surface area contributed by atoms with Crippen LogP contribution in [0.2, 0.25) is 5.02 Å². The first kappa shape index (κ1) is 15.3. The van der Waals surface area contributed by atoms with E-state index in [1.807, 2.05) is 12.1 Å². The number of anilines is 1. The zero-order valence-electron chi connectivity index (χ0n) is 11.5. The van der Waals surface area contributed by atoms with Crippen molar-refractivity contribution in [2.45, 2.75) is 37.7 Å². The summed E-state index contributed by atoms with van der Waals surface area (Å²) in [7, 11) is 0. The Morgan fingerprint density at radius 1 is 1.25 bits per heavy atom. The molecule has 1 amide bonds. The van der Waals surface area contributed by atoms with E-state index in [-0.39, 0.29) is 12.5 Å². The van der Waals surface area contributed by atoms with Gasteiger partial charge in [0.15, 0.2) is 0 Å². The fourth-order valence-corrected chi connectivity index (χ4v) is 2.74. The summed E-state index contributed by atoms with van der Waals surface area (Å²) in [5.74, 6) is -0.155. The highest BCUT2D eigenvalue weighted by atomic mass is 35.5. The maximum absolute atomic E-state index is 11.8. The summed E-state index contributed by atoms with van der Waals surface area (Å²) in [4.78, 5) is 11.8. The van der Waals surface area contributed by atoms with Crippen LogP contribution in [0.4, 0.5) is 5.69 Å². The van der Waals surface area contributed by atoms with Gasteiger partial charge in [-0.05, 0) is 25.0 Å². The smallest absolute Gasteiger partial charge is 0.238 e. The van der Waals surface area contributed by atoms with Gasteiger partial charge in [-0.2, -0.15) is 0 Å². The molecular weight excluding hydrogens is 276 g/mol. The number of para-hydroxylation sites is 1. The Labute approximate surface area is 124 Å². The van der Waals surface area contributed by atoms with Crippen LogP contribution in [0.5, 0.6) is 0 Å². The number of aliphatic hydroxyl groups is 1. The summed E-state index contributed by atoms with van der Waals surface area (Å²) in [6.45, 7) is 0.635. The largest absolute Gasteiger partial charge is 0.389 e. The molecule has 110 valence electrons. The minimum atomic E-state index is -0.650. The lowest BCUT2D eigenvalue weighted by molar-refractivity contribution is -0.115. The third kappa shape index (κ3) is 4.47. The van der Waals surface area contributed by atoms with Crippen molar-refractivity contribution in [2.24, 2.45) is 0 Å². The van der Waals surface area contributed by atoms with Crippen molar-refractivity contribution < 1.29 is 9.90 Å². The van der Waals surface area contributed by atoms with Crippen LogP contribution in [0.3, 0.4) is 0 Å². The first-order valence-corrected chi connectivity index (χ1v) is 7.44. The lowest BCUT2D eigenvalue weighted by Crippen LogP contribution is -2.44. The first-order valence-electron chi connectivity index (χ1n) is 7.07. The number of hydrogen-bond donors (Lipinski definition) is 3. The lowest BCUT2D eigenvalue weighted by atomic mass is 9.85. The number of hydrogen-bond acceptors (Lipinski definition) is 3. The van der Waals surface area contributed by atoms with Gasteiger partial charge in [0.1, 0.15) is 0 Å². The maximum Gasteiger partial charge on any atom is 0.238 e. The summed E-state index contributed by atoms with van der Waals surface area (Å²) in [6.07, 6.45) is 4.93. The summed E-state index contributed by atoms with van der Waals surface area (Å²) in [6, 6.07) is 7.12. The van der Waals surface area contributed by atoms with Crippen molar-refractivity contribution in [3.63, 3.8) is 0 Å². The standard InChI is InChI=1S/C15H21ClN2O2/c16-12-6-2-3-7-13(12)18-14(19)10-17-11-15(20)8-4-1-5-9-15/h2-3,6-7,17,20H,1,4-5,8-11H2,(H,18,19). The molecular formula is C15H21ClN2O2. The third-order valence-electron chi connectivity index (χ3n) is 3.67.